The highest BCUT2D eigenvalue weighted by atomic mass is 127. The molecule has 2 rings (SSSR count). The number of aliphatic imine (C=N–C) groups is 1. The van der Waals surface area contributed by atoms with E-state index in [1.54, 1.807) is 0 Å². The molecule has 1 aliphatic rings. The number of carbonyl (C=O) groups excluding carboxylic acids is 1. The van der Waals surface area contributed by atoms with E-state index in [1.807, 2.05) is 45.0 Å². The highest BCUT2D eigenvalue weighted by Crippen LogP contribution is 2.15. The molecule has 0 aromatic heterocycles. The van der Waals surface area contributed by atoms with Crippen molar-refractivity contribution in [3.63, 3.8) is 0 Å². The third-order valence-corrected chi connectivity index (χ3v) is 5.00. The summed E-state index contributed by atoms with van der Waals surface area (Å²) in [4.78, 5) is 19.6. The van der Waals surface area contributed by atoms with Crippen LogP contribution in [-0.2, 0) is 11.3 Å². The lowest BCUT2D eigenvalue weighted by Gasteiger charge is -2.41. The van der Waals surface area contributed by atoms with Gasteiger partial charge in [-0.25, -0.2) is 4.99 Å². The molecular weight excluding hydrogens is 505 g/mol. The Morgan fingerprint density at radius 3 is 2.42 bits per heavy atom. The Balaban J connectivity index is 0.00000480. The third kappa shape index (κ3) is 9.74. The van der Waals surface area contributed by atoms with Gasteiger partial charge in [-0.2, -0.15) is 0 Å². The van der Waals surface area contributed by atoms with Crippen LogP contribution in [0.3, 0.4) is 0 Å². The Bertz CT molecular complexity index is 725. The summed E-state index contributed by atoms with van der Waals surface area (Å²) >= 11 is 0. The van der Waals surface area contributed by atoms with Gasteiger partial charge >= 0.3 is 0 Å². The molecule has 0 unspecified atom stereocenters. The summed E-state index contributed by atoms with van der Waals surface area (Å²) in [7, 11) is 0. The fourth-order valence-corrected chi connectivity index (χ4v) is 3.32. The van der Waals surface area contributed by atoms with Crippen LogP contribution in [0.4, 0.5) is 0 Å². The Kier molecular flexibility index (Phi) is 11.2. The van der Waals surface area contributed by atoms with Crippen LogP contribution in [0.5, 0.6) is 0 Å². The number of halogens is 1. The Hall–Kier alpha value is -1.39. The van der Waals surface area contributed by atoms with Crippen LogP contribution in [0.15, 0.2) is 29.3 Å². The second-order valence-corrected chi connectivity index (χ2v) is 9.37. The minimum atomic E-state index is -0.263. The zero-order valence-corrected chi connectivity index (χ0v) is 22.2. The van der Waals surface area contributed by atoms with Gasteiger partial charge in [-0.3, -0.25) is 9.69 Å². The molecule has 1 fully saturated rings. The molecule has 0 radical (unpaired) electrons. The molecule has 3 N–H and O–H groups in total. The van der Waals surface area contributed by atoms with E-state index in [1.165, 1.54) is 0 Å². The summed E-state index contributed by atoms with van der Waals surface area (Å²) in [5.74, 6) is 0.717. The smallest absolute Gasteiger partial charge is 0.251 e. The van der Waals surface area contributed by atoms with Crippen LogP contribution in [0.25, 0.3) is 0 Å². The number of benzene rings is 1. The lowest BCUT2D eigenvalue weighted by atomic mass is 10.0. The summed E-state index contributed by atoms with van der Waals surface area (Å²) in [5.41, 5.74) is 1.40. The molecule has 1 aromatic carbocycles. The van der Waals surface area contributed by atoms with Gasteiger partial charge in [-0.05, 0) is 59.2 Å². The Morgan fingerprint density at radius 1 is 1.13 bits per heavy atom. The second kappa shape index (κ2) is 12.6. The van der Waals surface area contributed by atoms with Gasteiger partial charge in [0.05, 0.1) is 19.8 Å². The van der Waals surface area contributed by atoms with Crippen molar-refractivity contribution in [2.75, 3.05) is 39.4 Å². The normalized spacial score (nSPS) is 15.7. The first-order chi connectivity index (χ1) is 14.1. The summed E-state index contributed by atoms with van der Waals surface area (Å²) in [5, 5.41) is 9.79. The molecule has 0 saturated carbocycles. The maximum atomic E-state index is 12.4. The molecule has 1 saturated heterocycles. The van der Waals surface area contributed by atoms with Crippen molar-refractivity contribution >= 4 is 35.8 Å². The number of carbonyl (C=O) groups is 1. The van der Waals surface area contributed by atoms with Crippen LogP contribution in [0, 0.1) is 0 Å². The van der Waals surface area contributed by atoms with Gasteiger partial charge in [-0.15, -0.1) is 24.0 Å². The number of rotatable bonds is 7. The van der Waals surface area contributed by atoms with Crippen LogP contribution in [-0.4, -0.2) is 67.2 Å². The number of morpholine rings is 1. The number of hydrogen-bond acceptors (Lipinski definition) is 4. The van der Waals surface area contributed by atoms with Gasteiger partial charge < -0.3 is 20.7 Å². The zero-order valence-electron chi connectivity index (χ0n) is 19.9. The van der Waals surface area contributed by atoms with E-state index in [2.05, 4.69) is 41.6 Å². The first kappa shape index (κ1) is 27.6. The summed E-state index contributed by atoms with van der Waals surface area (Å²) in [6.45, 7) is 18.0. The monoisotopic (exact) mass is 545 g/mol. The van der Waals surface area contributed by atoms with Gasteiger partial charge in [0.25, 0.3) is 5.91 Å². The quantitative estimate of drug-likeness (QED) is 0.279. The molecule has 0 aliphatic carbocycles. The van der Waals surface area contributed by atoms with Gasteiger partial charge in [0, 0.05) is 42.8 Å². The molecule has 1 amide bonds. The lowest BCUT2D eigenvalue weighted by Crippen LogP contribution is -2.56. The Labute approximate surface area is 204 Å². The minimum Gasteiger partial charge on any atom is -0.379 e. The first-order valence-electron chi connectivity index (χ1n) is 10.9. The van der Waals surface area contributed by atoms with Gasteiger partial charge in [0.2, 0.25) is 0 Å². The van der Waals surface area contributed by atoms with E-state index in [-0.39, 0.29) is 41.0 Å². The fraction of sp³-hybridized carbons (Fsp3) is 0.652. The number of nitrogens with one attached hydrogen (secondary N) is 3. The third-order valence-electron chi connectivity index (χ3n) is 5.00. The second-order valence-electron chi connectivity index (χ2n) is 9.37. The molecule has 0 bridgehead atoms. The highest BCUT2D eigenvalue weighted by molar-refractivity contribution is 14.0. The van der Waals surface area contributed by atoms with E-state index in [4.69, 9.17) is 9.73 Å². The van der Waals surface area contributed by atoms with Crippen molar-refractivity contribution in [2.45, 2.75) is 59.2 Å². The summed E-state index contributed by atoms with van der Waals surface area (Å²) in [6.07, 6.45) is 0. The van der Waals surface area contributed by atoms with Crippen LogP contribution >= 0.6 is 24.0 Å². The molecule has 31 heavy (non-hydrogen) atoms. The van der Waals surface area contributed by atoms with E-state index in [9.17, 15) is 4.79 Å². The zero-order chi connectivity index (χ0) is 22.2. The predicted octanol–water partition coefficient (Wildman–Crippen LogP) is 3.00. The standard InChI is InChI=1S/C23H39N5O2.HI/c1-7-24-21(26-17-23(5,6)28-11-13-30-14-12-28)25-16-18-9-8-10-19(15-18)20(29)27-22(2,3)4;/h8-10,15H,7,11-14,16-17H2,1-6H3,(H,27,29)(H2,24,25,26);1H. The van der Waals surface area contributed by atoms with E-state index in [0.717, 1.165) is 50.9 Å². The molecule has 7 nitrogen and oxygen atoms in total. The number of nitrogens with zero attached hydrogens (tertiary/aromatic N) is 2. The van der Waals surface area contributed by atoms with Crippen LogP contribution in [0.2, 0.25) is 0 Å². The maximum absolute atomic E-state index is 12.4. The molecule has 1 heterocycles. The van der Waals surface area contributed by atoms with Crippen molar-refractivity contribution in [3.05, 3.63) is 35.4 Å². The number of ether oxygens (including phenoxy) is 1. The van der Waals surface area contributed by atoms with E-state index in [0.29, 0.717) is 12.1 Å². The summed E-state index contributed by atoms with van der Waals surface area (Å²) in [6, 6.07) is 7.65. The average molecular weight is 546 g/mol. The number of guanidine groups is 1. The van der Waals surface area contributed by atoms with Gasteiger partial charge in [0.1, 0.15) is 0 Å². The summed E-state index contributed by atoms with van der Waals surface area (Å²) < 4.78 is 5.47. The van der Waals surface area contributed by atoms with Crippen molar-refractivity contribution in [1.82, 2.24) is 20.9 Å². The molecule has 0 atom stereocenters. The molecular formula is C23H40IN5O2. The largest absolute Gasteiger partial charge is 0.379 e. The topological polar surface area (TPSA) is 78.0 Å². The first-order valence-corrected chi connectivity index (χ1v) is 10.9. The number of hydrogen-bond donors (Lipinski definition) is 3. The predicted molar refractivity (Wildman–Crippen MR) is 138 cm³/mol. The van der Waals surface area contributed by atoms with E-state index >= 15 is 0 Å². The van der Waals surface area contributed by atoms with Crippen molar-refractivity contribution in [1.29, 1.82) is 0 Å². The highest BCUT2D eigenvalue weighted by Gasteiger charge is 2.28. The van der Waals surface area contributed by atoms with E-state index < -0.39 is 0 Å². The maximum Gasteiger partial charge on any atom is 0.251 e. The minimum absolute atomic E-state index is 0. The molecule has 1 aromatic rings. The van der Waals surface area contributed by atoms with Crippen molar-refractivity contribution in [2.24, 2.45) is 4.99 Å². The molecule has 1 aliphatic heterocycles. The lowest BCUT2D eigenvalue weighted by molar-refractivity contribution is -0.00834. The number of amides is 1. The Morgan fingerprint density at radius 2 is 1.81 bits per heavy atom. The van der Waals surface area contributed by atoms with Crippen molar-refractivity contribution in [3.8, 4) is 0 Å². The van der Waals surface area contributed by atoms with Gasteiger partial charge in [-0.1, -0.05) is 12.1 Å². The van der Waals surface area contributed by atoms with Crippen LogP contribution < -0.4 is 16.0 Å². The van der Waals surface area contributed by atoms with Crippen LogP contribution in [0.1, 0.15) is 57.5 Å². The van der Waals surface area contributed by atoms with Gasteiger partial charge in [0.15, 0.2) is 5.96 Å². The molecule has 0 spiro atoms. The molecule has 8 heteroatoms. The SMILES string of the molecule is CCNC(=NCc1cccc(C(=O)NC(C)(C)C)c1)NCC(C)(C)N1CCOCC1.I. The van der Waals surface area contributed by atoms with Crippen molar-refractivity contribution < 1.29 is 9.53 Å². The molecule has 176 valence electrons. The average Bonchev–Trinajstić information content (AvgIpc) is 2.70. The fourth-order valence-electron chi connectivity index (χ4n) is 3.32.